The van der Waals surface area contributed by atoms with Crippen LogP contribution in [0, 0.1) is 0 Å². The minimum Gasteiger partial charge on any atom is -0.445 e. The molecule has 194 valence electrons. The molecule has 1 aromatic rings. The van der Waals surface area contributed by atoms with Crippen molar-refractivity contribution in [2.75, 3.05) is 19.6 Å². The Morgan fingerprint density at radius 3 is 2.31 bits per heavy atom. The second-order valence-electron chi connectivity index (χ2n) is 9.83. The fraction of sp³-hybridized carbons (Fsp3) is 0.609. The number of nitrogens with zero attached hydrogens (tertiary/aromatic N) is 2. The number of benzene rings is 1. The minimum absolute atomic E-state index is 0.0324. The second kappa shape index (κ2) is 10.8. The van der Waals surface area contributed by atoms with E-state index in [0.717, 1.165) is 10.5 Å². The number of carbonyl (C=O) groups excluding carboxylic acids is 3. The fourth-order valence-electron chi connectivity index (χ4n) is 4.18. The average Bonchev–Trinajstić information content (AvgIpc) is 3.23. The van der Waals surface area contributed by atoms with E-state index in [1.54, 1.807) is 49.9 Å². The Morgan fingerprint density at radius 1 is 1.11 bits per heavy atom. The highest BCUT2D eigenvalue weighted by Gasteiger charge is 2.46. The number of nitrogens with one attached hydrogen (secondary N) is 1. The minimum atomic E-state index is -4.45. The van der Waals surface area contributed by atoms with Crippen LogP contribution in [0.25, 0.3) is 0 Å². The third-order valence-electron chi connectivity index (χ3n) is 5.94. The van der Waals surface area contributed by atoms with Crippen LogP contribution in [0.1, 0.15) is 45.6 Å². The first kappa shape index (κ1) is 26.7. The molecule has 3 amide bonds. The second-order valence-corrected chi connectivity index (χ2v) is 11.5. The van der Waals surface area contributed by atoms with Gasteiger partial charge in [-0.3, -0.25) is 14.2 Å². The van der Waals surface area contributed by atoms with Gasteiger partial charge in [-0.1, -0.05) is 30.3 Å². The van der Waals surface area contributed by atoms with Crippen molar-refractivity contribution < 1.29 is 36.8 Å². The summed E-state index contributed by atoms with van der Waals surface area (Å²) in [5.74, 6) is -0.413. The van der Waals surface area contributed by atoms with Crippen LogP contribution in [0.15, 0.2) is 30.3 Å². The molecule has 0 bridgehead atoms. The zero-order valence-corrected chi connectivity index (χ0v) is 21.0. The van der Waals surface area contributed by atoms with Crippen LogP contribution < -0.4 is 5.32 Å². The van der Waals surface area contributed by atoms with E-state index in [2.05, 4.69) is 5.32 Å². The highest BCUT2D eigenvalue weighted by molar-refractivity contribution is 7.86. The summed E-state index contributed by atoms with van der Waals surface area (Å²) in [7, 11) is -4.45. The first-order valence-electron chi connectivity index (χ1n) is 11.6. The molecular formula is C23H33N3O8S. The average molecular weight is 512 g/mol. The molecule has 1 aromatic carbocycles. The molecule has 2 aliphatic rings. The van der Waals surface area contributed by atoms with Crippen molar-refractivity contribution in [2.45, 2.75) is 69.6 Å². The number of amides is 3. The van der Waals surface area contributed by atoms with Crippen molar-refractivity contribution in [3.63, 3.8) is 0 Å². The van der Waals surface area contributed by atoms with Crippen molar-refractivity contribution in [1.29, 1.82) is 0 Å². The van der Waals surface area contributed by atoms with Gasteiger partial charge in [0.2, 0.25) is 5.91 Å². The largest absolute Gasteiger partial charge is 0.445 e. The molecule has 2 saturated heterocycles. The van der Waals surface area contributed by atoms with E-state index in [0.29, 0.717) is 25.9 Å². The summed E-state index contributed by atoms with van der Waals surface area (Å²) in [5, 5.41) is 1.52. The van der Waals surface area contributed by atoms with Gasteiger partial charge in [-0.05, 0) is 45.6 Å². The highest BCUT2D eigenvalue weighted by Crippen LogP contribution is 2.27. The molecule has 0 unspecified atom stereocenters. The van der Waals surface area contributed by atoms with E-state index in [1.807, 2.05) is 6.07 Å². The van der Waals surface area contributed by atoms with Gasteiger partial charge >= 0.3 is 12.2 Å². The monoisotopic (exact) mass is 511 g/mol. The summed E-state index contributed by atoms with van der Waals surface area (Å²) in [6, 6.07) is 7.72. The summed E-state index contributed by atoms with van der Waals surface area (Å²) < 4.78 is 43.7. The maximum Gasteiger partial charge on any atom is 0.410 e. The predicted molar refractivity (Wildman–Crippen MR) is 126 cm³/mol. The zero-order valence-electron chi connectivity index (χ0n) is 20.2. The van der Waals surface area contributed by atoms with Gasteiger partial charge in [0.05, 0.1) is 0 Å². The third-order valence-corrected chi connectivity index (χ3v) is 7.12. The number of alkyl carbamates (subject to hydrolysis) is 1. The molecule has 12 heteroatoms. The van der Waals surface area contributed by atoms with Crippen LogP contribution in [-0.4, -0.2) is 83.4 Å². The van der Waals surface area contributed by atoms with Crippen LogP contribution in [0.5, 0.6) is 0 Å². The van der Waals surface area contributed by atoms with E-state index in [4.69, 9.17) is 9.47 Å². The molecular weight excluding hydrogens is 478 g/mol. The van der Waals surface area contributed by atoms with Crippen molar-refractivity contribution in [3.05, 3.63) is 35.9 Å². The molecule has 0 spiro atoms. The lowest BCUT2D eigenvalue weighted by Gasteiger charge is -2.35. The van der Waals surface area contributed by atoms with Gasteiger partial charge in [0.15, 0.2) is 0 Å². The Bertz CT molecular complexity index is 1020. The van der Waals surface area contributed by atoms with Crippen molar-refractivity contribution >= 4 is 28.2 Å². The molecule has 2 N–H and O–H groups in total. The van der Waals surface area contributed by atoms with Gasteiger partial charge in [0.1, 0.15) is 23.5 Å². The standard InChI is InChI=1S/C23H33N3O8S/c1-23(2,3)34-21(28)24-17-9-11-25(12-10-17)20(27)19-13-18(35(30,31)32)14-26(19)22(29)33-15-16-7-5-4-6-8-16/h4-8,17-19H,9-15H2,1-3H3,(H,24,28)(H,30,31,32)/t18-,19+/m1/s1. The number of hydrogen-bond acceptors (Lipinski definition) is 7. The molecule has 2 fully saturated rings. The fourth-order valence-corrected chi connectivity index (χ4v) is 4.95. The summed E-state index contributed by atoms with van der Waals surface area (Å²) in [6.45, 7) is 5.58. The van der Waals surface area contributed by atoms with E-state index in [9.17, 15) is 27.4 Å². The first-order valence-corrected chi connectivity index (χ1v) is 13.1. The molecule has 35 heavy (non-hydrogen) atoms. The van der Waals surface area contributed by atoms with E-state index >= 15 is 0 Å². The number of hydrogen-bond donors (Lipinski definition) is 2. The Hall–Kier alpha value is -2.86. The summed E-state index contributed by atoms with van der Waals surface area (Å²) in [5.41, 5.74) is 0.125. The molecule has 0 aromatic heterocycles. The normalized spacial score (nSPS) is 21.5. The smallest absolute Gasteiger partial charge is 0.410 e. The Morgan fingerprint density at radius 2 is 1.74 bits per heavy atom. The van der Waals surface area contributed by atoms with Gasteiger partial charge < -0.3 is 19.7 Å². The highest BCUT2D eigenvalue weighted by atomic mass is 32.2. The number of rotatable bonds is 5. The zero-order chi connectivity index (χ0) is 25.8. The van der Waals surface area contributed by atoms with Gasteiger partial charge in [-0.25, -0.2) is 9.59 Å². The summed E-state index contributed by atoms with van der Waals surface area (Å²) >= 11 is 0. The van der Waals surface area contributed by atoms with Crippen molar-refractivity contribution in [1.82, 2.24) is 15.1 Å². The van der Waals surface area contributed by atoms with Gasteiger partial charge in [-0.2, -0.15) is 8.42 Å². The predicted octanol–water partition coefficient (Wildman–Crippen LogP) is 2.17. The maximum atomic E-state index is 13.3. The summed E-state index contributed by atoms with van der Waals surface area (Å²) in [6.07, 6.45) is -0.592. The number of carbonyl (C=O) groups is 3. The van der Waals surface area contributed by atoms with Crippen LogP contribution >= 0.6 is 0 Å². The van der Waals surface area contributed by atoms with Crippen molar-refractivity contribution in [2.24, 2.45) is 0 Å². The van der Waals surface area contributed by atoms with Crippen LogP contribution in [0.3, 0.4) is 0 Å². The van der Waals surface area contributed by atoms with Crippen LogP contribution in [0.2, 0.25) is 0 Å². The lowest BCUT2D eigenvalue weighted by Crippen LogP contribution is -2.52. The molecule has 0 saturated carbocycles. The maximum absolute atomic E-state index is 13.3. The summed E-state index contributed by atoms with van der Waals surface area (Å²) in [4.78, 5) is 40.7. The number of piperidine rings is 1. The van der Waals surface area contributed by atoms with E-state index in [1.165, 1.54) is 0 Å². The lowest BCUT2D eigenvalue weighted by atomic mass is 10.0. The van der Waals surface area contributed by atoms with Crippen LogP contribution in [-0.2, 0) is 31.0 Å². The SMILES string of the molecule is CC(C)(C)OC(=O)NC1CCN(C(=O)[C@@H]2C[C@@H](S(=O)(=O)O)CN2C(=O)OCc2ccccc2)CC1. The Kier molecular flexibility index (Phi) is 8.26. The van der Waals surface area contributed by atoms with Gasteiger partial charge in [-0.15, -0.1) is 0 Å². The van der Waals surface area contributed by atoms with Crippen molar-refractivity contribution in [3.8, 4) is 0 Å². The first-order chi connectivity index (χ1) is 16.3. The van der Waals surface area contributed by atoms with Crippen LogP contribution in [0.4, 0.5) is 9.59 Å². The van der Waals surface area contributed by atoms with E-state index in [-0.39, 0.29) is 25.6 Å². The van der Waals surface area contributed by atoms with Gasteiger partial charge in [0, 0.05) is 25.7 Å². The molecule has 2 aliphatic heterocycles. The number of likely N-dealkylation sites (tertiary alicyclic amines) is 2. The van der Waals surface area contributed by atoms with Gasteiger partial charge in [0.25, 0.3) is 10.1 Å². The molecule has 0 aliphatic carbocycles. The molecule has 0 radical (unpaired) electrons. The van der Waals surface area contributed by atoms with E-state index < -0.39 is 45.1 Å². The molecule has 2 atom stereocenters. The quantitative estimate of drug-likeness (QED) is 0.573. The lowest BCUT2D eigenvalue weighted by molar-refractivity contribution is -0.136. The third kappa shape index (κ3) is 7.56. The Balaban J connectivity index is 1.61. The Labute approximate surface area is 205 Å². The molecule has 11 nitrogen and oxygen atoms in total. The molecule has 2 heterocycles. The molecule has 3 rings (SSSR count). The topological polar surface area (TPSA) is 143 Å². The number of ether oxygens (including phenoxy) is 2.